The van der Waals surface area contributed by atoms with Gasteiger partial charge in [0.1, 0.15) is 6.54 Å². The van der Waals surface area contributed by atoms with Gasteiger partial charge < -0.3 is 9.42 Å². The molecule has 0 saturated heterocycles. The summed E-state index contributed by atoms with van der Waals surface area (Å²) in [5, 5.41) is 4.03. The fraction of sp³-hybridized carbons (Fsp3) is 0.0800. The van der Waals surface area contributed by atoms with Gasteiger partial charge in [-0.15, -0.1) is 6.58 Å². The van der Waals surface area contributed by atoms with Crippen molar-refractivity contribution in [2.75, 3.05) is 6.54 Å². The average molecular weight is 395 g/mol. The number of aromatic nitrogens is 2. The highest BCUT2D eigenvalue weighted by molar-refractivity contribution is 5.94. The molecule has 0 aliphatic rings. The van der Waals surface area contributed by atoms with Gasteiger partial charge in [-0.2, -0.15) is 4.98 Å². The minimum Gasteiger partial charge on any atom is -0.337 e. The molecule has 0 radical (unpaired) electrons. The third kappa shape index (κ3) is 4.36. The van der Waals surface area contributed by atoms with Crippen LogP contribution in [0.15, 0.2) is 102 Å². The largest absolute Gasteiger partial charge is 0.337 e. The Labute approximate surface area is 175 Å². The van der Waals surface area contributed by atoms with Crippen LogP contribution >= 0.6 is 0 Å². The maximum atomic E-state index is 13.1. The van der Waals surface area contributed by atoms with Crippen molar-refractivity contribution in [3.63, 3.8) is 0 Å². The Kier molecular flexibility index (Phi) is 5.80. The van der Waals surface area contributed by atoms with Gasteiger partial charge >= 0.3 is 0 Å². The maximum absolute atomic E-state index is 13.1. The molecule has 0 fully saturated rings. The molecule has 4 rings (SSSR count). The van der Waals surface area contributed by atoms with Crippen LogP contribution in [0.3, 0.4) is 0 Å². The molecule has 0 bridgehead atoms. The molecular formula is C25H21N3O2. The second kappa shape index (κ2) is 9.01. The van der Waals surface area contributed by atoms with Crippen molar-refractivity contribution in [3.8, 4) is 22.5 Å². The van der Waals surface area contributed by atoms with Gasteiger partial charge in [-0.05, 0) is 23.3 Å². The zero-order valence-electron chi connectivity index (χ0n) is 16.4. The molecule has 30 heavy (non-hydrogen) atoms. The van der Waals surface area contributed by atoms with Crippen molar-refractivity contribution in [1.29, 1.82) is 0 Å². The monoisotopic (exact) mass is 395 g/mol. The number of benzene rings is 3. The fourth-order valence-electron chi connectivity index (χ4n) is 3.18. The lowest BCUT2D eigenvalue weighted by Gasteiger charge is -2.19. The van der Waals surface area contributed by atoms with Gasteiger partial charge in [0.25, 0.3) is 5.91 Å². The Bertz CT molecular complexity index is 1120. The lowest BCUT2D eigenvalue weighted by molar-refractivity contribution is 0.0745. The first-order chi connectivity index (χ1) is 14.7. The first-order valence-corrected chi connectivity index (χ1v) is 9.68. The molecular weight excluding hydrogens is 374 g/mol. The zero-order valence-corrected chi connectivity index (χ0v) is 16.4. The van der Waals surface area contributed by atoms with E-state index < -0.39 is 0 Å². The lowest BCUT2D eigenvalue weighted by atomic mass is 10.0. The highest BCUT2D eigenvalue weighted by Crippen LogP contribution is 2.21. The molecule has 1 amide bonds. The molecule has 4 aromatic rings. The van der Waals surface area contributed by atoms with Crippen molar-refractivity contribution in [3.05, 3.63) is 109 Å². The van der Waals surface area contributed by atoms with E-state index in [4.69, 9.17) is 4.52 Å². The van der Waals surface area contributed by atoms with Crippen LogP contribution in [0, 0.1) is 0 Å². The Morgan fingerprint density at radius 3 is 2.10 bits per heavy atom. The molecule has 1 aromatic heterocycles. The van der Waals surface area contributed by atoms with Crippen molar-refractivity contribution < 1.29 is 9.32 Å². The quantitative estimate of drug-likeness (QED) is 0.402. The van der Waals surface area contributed by atoms with E-state index >= 15 is 0 Å². The van der Waals surface area contributed by atoms with Crippen molar-refractivity contribution in [2.45, 2.75) is 6.54 Å². The number of carbonyl (C=O) groups excluding carboxylic acids is 1. The van der Waals surface area contributed by atoms with Gasteiger partial charge in [0.2, 0.25) is 11.7 Å². The number of nitrogens with zero attached hydrogens (tertiary/aromatic N) is 3. The molecule has 0 N–H and O–H groups in total. The highest BCUT2D eigenvalue weighted by Gasteiger charge is 2.19. The fourth-order valence-corrected chi connectivity index (χ4v) is 3.18. The number of carbonyl (C=O) groups is 1. The van der Waals surface area contributed by atoms with E-state index in [0.29, 0.717) is 23.8 Å². The standard InChI is InChI=1S/C25H21N3O2/c1-2-17-28(18-23-26-24(27-30-23)21-11-7-4-8-12-21)25(29)22-15-13-20(14-16-22)19-9-5-3-6-10-19/h2-16H,1,17-18H2. The van der Waals surface area contributed by atoms with Crippen LogP contribution in [-0.4, -0.2) is 27.5 Å². The van der Waals surface area contributed by atoms with E-state index in [0.717, 1.165) is 16.7 Å². The predicted molar refractivity (Wildman–Crippen MR) is 117 cm³/mol. The minimum atomic E-state index is -0.117. The molecule has 5 heteroatoms. The molecule has 0 saturated carbocycles. The Morgan fingerprint density at radius 2 is 1.47 bits per heavy atom. The van der Waals surface area contributed by atoms with Gasteiger partial charge in [-0.3, -0.25) is 4.79 Å². The van der Waals surface area contributed by atoms with Crippen LogP contribution in [-0.2, 0) is 6.54 Å². The lowest BCUT2D eigenvalue weighted by Crippen LogP contribution is -2.30. The summed E-state index contributed by atoms with van der Waals surface area (Å²) in [5.41, 5.74) is 3.63. The van der Waals surface area contributed by atoms with E-state index in [1.165, 1.54) is 0 Å². The Balaban J connectivity index is 1.51. The molecule has 0 aliphatic carbocycles. The van der Waals surface area contributed by atoms with E-state index in [9.17, 15) is 4.79 Å². The first-order valence-electron chi connectivity index (χ1n) is 9.68. The summed E-state index contributed by atoms with van der Waals surface area (Å²) in [4.78, 5) is 19.1. The number of rotatable bonds is 7. The van der Waals surface area contributed by atoms with Crippen molar-refractivity contribution in [2.24, 2.45) is 0 Å². The zero-order chi connectivity index (χ0) is 20.8. The summed E-state index contributed by atoms with van der Waals surface area (Å²) in [5.74, 6) is 0.766. The summed E-state index contributed by atoms with van der Waals surface area (Å²) in [6.07, 6.45) is 1.69. The highest BCUT2D eigenvalue weighted by atomic mass is 16.5. The van der Waals surface area contributed by atoms with Gasteiger partial charge in [-0.25, -0.2) is 0 Å². The molecule has 0 unspecified atom stereocenters. The van der Waals surface area contributed by atoms with Crippen LogP contribution in [0.5, 0.6) is 0 Å². The molecule has 0 atom stereocenters. The van der Waals surface area contributed by atoms with Crippen LogP contribution in [0.1, 0.15) is 16.2 Å². The normalized spacial score (nSPS) is 10.5. The second-order valence-electron chi connectivity index (χ2n) is 6.80. The first kappa shape index (κ1) is 19.3. The summed E-state index contributed by atoms with van der Waals surface area (Å²) in [6, 6.07) is 27.2. The summed E-state index contributed by atoms with van der Waals surface area (Å²) in [7, 11) is 0. The second-order valence-corrected chi connectivity index (χ2v) is 6.80. The third-order valence-electron chi connectivity index (χ3n) is 4.70. The van der Waals surface area contributed by atoms with E-state index in [1.54, 1.807) is 11.0 Å². The number of hydrogen-bond acceptors (Lipinski definition) is 4. The van der Waals surface area contributed by atoms with Gasteiger partial charge in [0, 0.05) is 17.7 Å². The average Bonchev–Trinajstić information content (AvgIpc) is 3.28. The predicted octanol–water partition coefficient (Wildman–Crippen LogP) is 5.23. The van der Waals surface area contributed by atoms with E-state index in [-0.39, 0.29) is 12.5 Å². The molecule has 148 valence electrons. The van der Waals surface area contributed by atoms with Crippen LogP contribution in [0.2, 0.25) is 0 Å². The molecule has 3 aromatic carbocycles. The SMILES string of the molecule is C=CCN(Cc1nc(-c2ccccc2)no1)C(=O)c1ccc(-c2ccccc2)cc1. The van der Waals surface area contributed by atoms with Gasteiger partial charge in [0.15, 0.2) is 0 Å². The molecule has 0 spiro atoms. The van der Waals surface area contributed by atoms with Crippen LogP contribution < -0.4 is 0 Å². The van der Waals surface area contributed by atoms with E-state index in [1.807, 2.05) is 84.9 Å². The number of hydrogen-bond donors (Lipinski definition) is 0. The van der Waals surface area contributed by atoms with Crippen LogP contribution in [0.4, 0.5) is 0 Å². The summed E-state index contributed by atoms with van der Waals surface area (Å²) in [6.45, 7) is 4.35. The Morgan fingerprint density at radius 1 is 0.867 bits per heavy atom. The summed E-state index contributed by atoms with van der Waals surface area (Å²) >= 11 is 0. The number of amides is 1. The van der Waals surface area contributed by atoms with Gasteiger partial charge in [0.05, 0.1) is 0 Å². The topological polar surface area (TPSA) is 59.2 Å². The summed E-state index contributed by atoms with van der Waals surface area (Å²) < 4.78 is 5.37. The molecule has 1 heterocycles. The van der Waals surface area contributed by atoms with Crippen LogP contribution in [0.25, 0.3) is 22.5 Å². The Hall–Kier alpha value is -3.99. The third-order valence-corrected chi connectivity index (χ3v) is 4.70. The van der Waals surface area contributed by atoms with Crippen molar-refractivity contribution in [1.82, 2.24) is 15.0 Å². The molecule has 5 nitrogen and oxygen atoms in total. The maximum Gasteiger partial charge on any atom is 0.254 e. The van der Waals surface area contributed by atoms with E-state index in [2.05, 4.69) is 16.7 Å². The minimum absolute atomic E-state index is 0.117. The van der Waals surface area contributed by atoms with Crippen molar-refractivity contribution >= 4 is 5.91 Å². The molecule has 0 aliphatic heterocycles. The smallest absolute Gasteiger partial charge is 0.254 e. The van der Waals surface area contributed by atoms with Gasteiger partial charge in [-0.1, -0.05) is 84.0 Å².